The number of carbonyl (C=O) groups is 2. The van der Waals surface area contributed by atoms with Crippen LogP contribution < -0.4 is 10.3 Å². The average molecular weight is 444 g/mol. The minimum Gasteiger partial charge on any atom is -0.462 e. The number of hydrogen-bond acceptors (Lipinski definition) is 7. The molecule has 0 spiro atoms. The summed E-state index contributed by atoms with van der Waals surface area (Å²) in [6.07, 6.45) is 4.49. The zero-order valence-corrected chi connectivity index (χ0v) is 18.0. The van der Waals surface area contributed by atoms with Crippen molar-refractivity contribution in [2.45, 2.75) is 64.2 Å². The van der Waals surface area contributed by atoms with Crippen molar-refractivity contribution in [3.63, 3.8) is 0 Å². The maximum Gasteiger partial charge on any atom is 0.343 e. The molecule has 3 aliphatic rings. The van der Waals surface area contributed by atoms with E-state index < -0.39 is 23.5 Å². The quantitative estimate of drug-likeness (QED) is 0.500. The van der Waals surface area contributed by atoms with Crippen LogP contribution in [0.5, 0.6) is 0 Å². The van der Waals surface area contributed by atoms with Crippen LogP contribution in [0.15, 0.2) is 17.1 Å². The molecular formula is C23H25FN2O6. The second kappa shape index (κ2) is 7.97. The number of halogens is 1. The molecule has 2 aliphatic heterocycles. The number of anilines is 1. The number of esters is 1. The van der Waals surface area contributed by atoms with Crippen LogP contribution in [0.1, 0.15) is 66.3 Å². The summed E-state index contributed by atoms with van der Waals surface area (Å²) >= 11 is 0. The van der Waals surface area contributed by atoms with Crippen LogP contribution in [0.4, 0.5) is 10.1 Å². The molecule has 32 heavy (non-hydrogen) atoms. The number of benzene rings is 1. The fourth-order valence-corrected chi connectivity index (χ4v) is 4.83. The van der Waals surface area contributed by atoms with Gasteiger partial charge in [0.2, 0.25) is 5.43 Å². The van der Waals surface area contributed by atoms with E-state index in [9.17, 15) is 14.4 Å². The number of hydrogen-bond donors (Lipinski definition) is 0. The van der Waals surface area contributed by atoms with Crippen molar-refractivity contribution >= 4 is 28.8 Å². The van der Waals surface area contributed by atoms with Crippen LogP contribution in [-0.2, 0) is 14.2 Å². The zero-order chi connectivity index (χ0) is 22.6. The highest BCUT2D eigenvalue weighted by Crippen LogP contribution is 2.42. The first-order chi connectivity index (χ1) is 15.4. The van der Waals surface area contributed by atoms with Gasteiger partial charge in [0.25, 0.3) is 0 Å². The van der Waals surface area contributed by atoms with Crippen molar-refractivity contribution in [2.24, 2.45) is 0 Å². The van der Waals surface area contributed by atoms with Gasteiger partial charge in [-0.1, -0.05) is 0 Å². The van der Waals surface area contributed by atoms with E-state index in [-0.39, 0.29) is 47.2 Å². The van der Waals surface area contributed by atoms with Gasteiger partial charge in [0.1, 0.15) is 11.4 Å². The molecule has 1 aromatic carbocycles. The second-order valence-corrected chi connectivity index (χ2v) is 8.48. The van der Waals surface area contributed by atoms with Gasteiger partial charge in [-0.3, -0.25) is 9.59 Å². The van der Waals surface area contributed by atoms with Crippen LogP contribution in [0.3, 0.4) is 0 Å². The molecule has 1 atom stereocenters. The number of aldehydes is 1. The average Bonchev–Trinajstić information content (AvgIpc) is 3.48. The number of fused-ring (bicyclic) bond motifs is 1. The second-order valence-electron chi connectivity index (χ2n) is 8.48. The summed E-state index contributed by atoms with van der Waals surface area (Å²) in [5.41, 5.74) is -0.176. The number of nitrogens with zero attached hydrogens (tertiary/aromatic N) is 2. The SMILES string of the molecule is CCOC(=O)c1cn(C2CC2)c2c(C=O)c(N3CCCC3C3OC(C)O3)c(F)cc2c1=O. The van der Waals surface area contributed by atoms with E-state index in [1.165, 1.54) is 6.20 Å². The largest absolute Gasteiger partial charge is 0.462 e. The Hall–Kier alpha value is -2.78. The molecule has 5 rings (SSSR count). The lowest BCUT2D eigenvalue weighted by molar-refractivity contribution is -0.380. The predicted molar refractivity (Wildman–Crippen MR) is 114 cm³/mol. The summed E-state index contributed by atoms with van der Waals surface area (Å²) < 4.78 is 33.6. The van der Waals surface area contributed by atoms with Gasteiger partial charge in [-0.2, -0.15) is 0 Å². The third-order valence-corrected chi connectivity index (χ3v) is 6.38. The van der Waals surface area contributed by atoms with Crippen molar-refractivity contribution in [3.8, 4) is 0 Å². The summed E-state index contributed by atoms with van der Waals surface area (Å²) in [5, 5.41) is 0.00585. The molecule has 1 aliphatic carbocycles. The Labute approximate surface area is 183 Å². The molecule has 2 saturated heterocycles. The van der Waals surface area contributed by atoms with Gasteiger partial charge in [-0.25, -0.2) is 9.18 Å². The molecule has 170 valence electrons. The van der Waals surface area contributed by atoms with Crippen molar-refractivity contribution in [1.82, 2.24) is 4.57 Å². The predicted octanol–water partition coefficient (Wildman–Crippen LogP) is 3.15. The van der Waals surface area contributed by atoms with E-state index in [1.807, 2.05) is 4.90 Å². The lowest BCUT2D eigenvalue weighted by Crippen LogP contribution is -2.52. The molecular weight excluding hydrogens is 419 g/mol. The minimum absolute atomic E-state index is 0.00585. The van der Waals surface area contributed by atoms with E-state index in [2.05, 4.69) is 0 Å². The first-order valence-electron chi connectivity index (χ1n) is 11.1. The zero-order valence-electron chi connectivity index (χ0n) is 18.0. The normalized spacial score (nSPS) is 25.1. The Bertz CT molecular complexity index is 1150. The lowest BCUT2D eigenvalue weighted by atomic mass is 10.0. The minimum atomic E-state index is -0.751. The molecule has 1 saturated carbocycles. The third kappa shape index (κ3) is 3.31. The Morgan fingerprint density at radius 1 is 1.31 bits per heavy atom. The van der Waals surface area contributed by atoms with Crippen LogP contribution in [0, 0.1) is 5.82 Å². The summed E-state index contributed by atoms with van der Waals surface area (Å²) in [5.74, 6) is -1.43. The summed E-state index contributed by atoms with van der Waals surface area (Å²) in [6, 6.07) is 0.954. The van der Waals surface area contributed by atoms with E-state index in [1.54, 1.807) is 18.4 Å². The molecule has 0 bridgehead atoms. The van der Waals surface area contributed by atoms with Crippen LogP contribution in [-0.4, -0.2) is 48.6 Å². The van der Waals surface area contributed by atoms with Gasteiger partial charge in [0, 0.05) is 18.8 Å². The third-order valence-electron chi connectivity index (χ3n) is 6.38. The highest BCUT2D eigenvalue weighted by molar-refractivity contribution is 6.04. The fourth-order valence-electron chi connectivity index (χ4n) is 4.83. The topological polar surface area (TPSA) is 87.1 Å². The van der Waals surface area contributed by atoms with Gasteiger partial charge in [-0.05, 0) is 45.6 Å². The smallest absolute Gasteiger partial charge is 0.343 e. The molecule has 0 amide bonds. The van der Waals surface area contributed by atoms with E-state index >= 15 is 4.39 Å². The Morgan fingerprint density at radius 2 is 2.06 bits per heavy atom. The Kier molecular flexibility index (Phi) is 5.25. The molecule has 2 aromatic rings. The number of carbonyl (C=O) groups excluding carboxylic acids is 2. The monoisotopic (exact) mass is 444 g/mol. The van der Waals surface area contributed by atoms with Gasteiger partial charge in [0.05, 0.1) is 34.8 Å². The fraction of sp³-hybridized carbons (Fsp3) is 0.522. The first-order valence-corrected chi connectivity index (χ1v) is 11.1. The van der Waals surface area contributed by atoms with E-state index in [0.29, 0.717) is 18.3 Å². The Morgan fingerprint density at radius 3 is 2.69 bits per heavy atom. The van der Waals surface area contributed by atoms with Gasteiger partial charge in [0.15, 0.2) is 18.9 Å². The van der Waals surface area contributed by atoms with Crippen LogP contribution >= 0.6 is 0 Å². The van der Waals surface area contributed by atoms with Crippen LogP contribution in [0.2, 0.25) is 0 Å². The van der Waals surface area contributed by atoms with E-state index in [4.69, 9.17) is 14.2 Å². The summed E-state index contributed by atoms with van der Waals surface area (Å²) in [4.78, 5) is 39.6. The summed E-state index contributed by atoms with van der Waals surface area (Å²) in [6.45, 7) is 4.10. The highest BCUT2D eigenvalue weighted by atomic mass is 19.1. The van der Waals surface area contributed by atoms with Crippen molar-refractivity contribution in [3.05, 3.63) is 39.4 Å². The molecule has 9 heteroatoms. The molecule has 1 aromatic heterocycles. The van der Waals surface area contributed by atoms with Crippen molar-refractivity contribution < 1.29 is 28.2 Å². The molecule has 8 nitrogen and oxygen atoms in total. The van der Waals surface area contributed by atoms with Gasteiger partial charge >= 0.3 is 5.97 Å². The summed E-state index contributed by atoms with van der Waals surface area (Å²) in [7, 11) is 0. The molecule has 3 fully saturated rings. The van der Waals surface area contributed by atoms with E-state index in [0.717, 1.165) is 31.7 Å². The molecule has 3 heterocycles. The van der Waals surface area contributed by atoms with Crippen LogP contribution in [0.25, 0.3) is 10.9 Å². The first kappa shape index (κ1) is 21.1. The number of ether oxygens (including phenoxy) is 3. The lowest BCUT2D eigenvalue weighted by Gasteiger charge is -2.41. The molecule has 0 N–H and O–H groups in total. The van der Waals surface area contributed by atoms with Crippen molar-refractivity contribution in [1.29, 1.82) is 0 Å². The maximum atomic E-state index is 15.5. The number of pyridine rings is 1. The number of rotatable bonds is 6. The molecule has 1 unspecified atom stereocenters. The highest BCUT2D eigenvalue weighted by Gasteiger charge is 2.42. The van der Waals surface area contributed by atoms with Crippen molar-refractivity contribution in [2.75, 3.05) is 18.1 Å². The number of aromatic nitrogens is 1. The maximum absolute atomic E-state index is 15.5. The van der Waals surface area contributed by atoms with Gasteiger partial charge < -0.3 is 23.7 Å². The standard InChI is InChI=1S/C23H25FN2O6/c1-3-30-22(29)15-10-26(13-6-7-13)19-14(21(15)28)9-17(24)20(16(19)11-27)25-8-4-5-18(25)23-31-12(2)32-23/h9-13,18,23H,3-8H2,1-2H3. The Balaban J connectivity index is 1.71. The van der Waals surface area contributed by atoms with Gasteiger partial charge in [-0.15, -0.1) is 0 Å². The molecule has 0 radical (unpaired) electrons.